The Kier molecular flexibility index (Phi) is 10.5. The molecule has 34 heavy (non-hydrogen) atoms. The molecule has 0 aromatic carbocycles. The third-order valence-electron chi connectivity index (χ3n) is 5.23. The van der Waals surface area contributed by atoms with Gasteiger partial charge in [0.25, 0.3) is 0 Å². The predicted octanol–water partition coefficient (Wildman–Crippen LogP) is 6.26. The molecule has 0 aliphatic heterocycles. The second kappa shape index (κ2) is 13.3. The monoisotopic (exact) mass is 485 g/mol. The minimum absolute atomic E-state index is 0.218. The molecule has 2 aromatic rings. The molecule has 182 valence electrons. The van der Waals surface area contributed by atoms with Gasteiger partial charge in [0.1, 0.15) is 17.1 Å². The Balaban J connectivity index is 2.07. The summed E-state index contributed by atoms with van der Waals surface area (Å²) in [5, 5.41) is 21.1. The first-order chi connectivity index (χ1) is 16.2. The Morgan fingerprint density at radius 3 is 2.71 bits per heavy atom. The van der Waals surface area contributed by atoms with Crippen molar-refractivity contribution in [3.05, 3.63) is 80.2 Å². The third-order valence-corrected chi connectivity index (χ3v) is 6.33. The topological polar surface area (TPSA) is 117 Å². The zero-order chi connectivity index (χ0) is 25.1. The second-order valence-corrected chi connectivity index (χ2v) is 9.22. The molecule has 0 saturated carbocycles. The van der Waals surface area contributed by atoms with Crippen LogP contribution in [0.1, 0.15) is 77.7 Å². The molecular weight excluding hydrogens is 454 g/mol. The average Bonchev–Trinajstić information content (AvgIpc) is 3.22. The molecule has 2 heterocycles. The minimum atomic E-state index is -1.15. The smallest absolute Gasteiger partial charge is 0.408 e. The van der Waals surface area contributed by atoms with Gasteiger partial charge in [0.2, 0.25) is 0 Å². The van der Waals surface area contributed by atoms with Gasteiger partial charge in [-0.2, -0.15) is 0 Å². The van der Waals surface area contributed by atoms with Crippen LogP contribution in [0.3, 0.4) is 0 Å². The fraction of sp³-hybridized carbons (Fsp3) is 0.346. The average molecular weight is 486 g/mol. The molecule has 0 saturated heterocycles. The van der Waals surface area contributed by atoms with Gasteiger partial charge in [-0.1, -0.05) is 19.1 Å². The van der Waals surface area contributed by atoms with Crippen LogP contribution >= 0.6 is 11.3 Å². The maximum absolute atomic E-state index is 12.9. The summed E-state index contributed by atoms with van der Waals surface area (Å²) in [6.07, 6.45) is 10.7. The predicted molar refractivity (Wildman–Crippen MR) is 135 cm³/mol. The molecule has 0 aliphatic carbocycles. The fourth-order valence-corrected chi connectivity index (χ4v) is 4.38. The molecule has 0 aliphatic rings. The van der Waals surface area contributed by atoms with Crippen molar-refractivity contribution in [3.63, 3.8) is 0 Å². The summed E-state index contributed by atoms with van der Waals surface area (Å²) < 4.78 is 5.33. The van der Waals surface area contributed by atoms with E-state index in [2.05, 4.69) is 11.9 Å². The van der Waals surface area contributed by atoms with Gasteiger partial charge in [-0.3, -0.25) is 10.1 Å². The maximum atomic E-state index is 12.9. The number of hydrogen-bond donors (Lipinski definition) is 3. The number of aromatic hydroxyl groups is 1. The van der Waals surface area contributed by atoms with Crippen molar-refractivity contribution in [2.45, 2.75) is 58.3 Å². The minimum Gasteiger partial charge on any atom is -0.507 e. The van der Waals surface area contributed by atoms with Crippen molar-refractivity contribution < 1.29 is 24.2 Å². The first-order valence-electron chi connectivity index (χ1n) is 11.2. The van der Waals surface area contributed by atoms with E-state index in [1.54, 1.807) is 30.4 Å². The summed E-state index contributed by atoms with van der Waals surface area (Å²) in [4.78, 5) is 37.9. The zero-order valence-electron chi connectivity index (χ0n) is 19.5. The van der Waals surface area contributed by atoms with Gasteiger partial charge in [0.15, 0.2) is 5.78 Å². The third kappa shape index (κ3) is 8.19. The van der Waals surface area contributed by atoms with E-state index in [0.717, 1.165) is 30.6 Å². The molecule has 0 radical (unpaired) electrons. The van der Waals surface area contributed by atoms with E-state index in [-0.39, 0.29) is 17.2 Å². The van der Waals surface area contributed by atoms with E-state index >= 15 is 0 Å². The zero-order valence-corrected chi connectivity index (χ0v) is 20.3. The number of unbranched alkanes of at least 4 members (excludes halogenated alkanes) is 2. The highest BCUT2D eigenvalue weighted by molar-refractivity contribution is 7.12. The van der Waals surface area contributed by atoms with Crippen LogP contribution in [0.5, 0.6) is 5.75 Å². The van der Waals surface area contributed by atoms with Crippen molar-refractivity contribution in [2.75, 3.05) is 0 Å². The summed E-state index contributed by atoms with van der Waals surface area (Å²) in [5.41, 5.74) is -0.923. The van der Waals surface area contributed by atoms with Gasteiger partial charge in [-0.05, 0) is 69.2 Å². The fourth-order valence-electron chi connectivity index (χ4n) is 3.32. The van der Waals surface area contributed by atoms with E-state index in [1.165, 1.54) is 17.1 Å². The first kappa shape index (κ1) is 26.9. The largest absolute Gasteiger partial charge is 0.507 e. The first-order valence-corrected chi connectivity index (χ1v) is 12.0. The van der Waals surface area contributed by atoms with E-state index < -0.39 is 23.3 Å². The molecule has 0 fully saturated rings. The molecule has 0 bridgehead atoms. The van der Waals surface area contributed by atoms with Crippen molar-refractivity contribution in [3.8, 4) is 5.75 Å². The van der Waals surface area contributed by atoms with Crippen LogP contribution in [-0.4, -0.2) is 22.1 Å². The van der Waals surface area contributed by atoms with Crippen LogP contribution in [0.25, 0.3) is 6.08 Å². The van der Waals surface area contributed by atoms with Crippen molar-refractivity contribution in [2.24, 2.45) is 0 Å². The number of carbonyl (C=O) groups is 2. The SMILES string of the molecule is C=CCCCCc1ccc(C=C(C)C(=O)c2c(O)cc(C(C)CCC=CNC(=O)O)oc2=O)s1. The Morgan fingerprint density at radius 2 is 2.03 bits per heavy atom. The molecule has 2 rings (SSSR count). The summed E-state index contributed by atoms with van der Waals surface area (Å²) in [6, 6.07) is 5.28. The Hall–Kier alpha value is -3.39. The number of nitrogens with one attached hydrogen (secondary N) is 1. The maximum Gasteiger partial charge on any atom is 0.408 e. The van der Waals surface area contributed by atoms with Gasteiger partial charge in [-0.15, -0.1) is 17.9 Å². The lowest BCUT2D eigenvalue weighted by molar-refractivity contribution is 0.102. The quantitative estimate of drug-likeness (QED) is 0.133. The number of hydrogen-bond acceptors (Lipinski definition) is 6. The number of carboxylic acid groups (broad SMARTS) is 1. The van der Waals surface area contributed by atoms with Gasteiger partial charge >= 0.3 is 11.7 Å². The number of amides is 1. The molecule has 0 spiro atoms. The van der Waals surface area contributed by atoms with Crippen molar-refractivity contribution in [1.82, 2.24) is 5.32 Å². The normalized spacial score (nSPS) is 12.6. The summed E-state index contributed by atoms with van der Waals surface area (Å²) in [7, 11) is 0. The molecule has 1 atom stereocenters. The highest BCUT2D eigenvalue weighted by atomic mass is 32.1. The lowest BCUT2D eigenvalue weighted by atomic mass is 10.00. The van der Waals surface area contributed by atoms with Gasteiger partial charge in [0, 0.05) is 27.9 Å². The van der Waals surface area contributed by atoms with Gasteiger partial charge in [0.05, 0.1) is 0 Å². The molecule has 1 amide bonds. The number of aryl methyl sites for hydroxylation is 1. The number of Topliss-reactive ketones (excluding diaryl/α,β-unsaturated/α-hetero) is 1. The summed E-state index contributed by atoms with van der Waals surface area (Å²) >= 11 is 1.60. The molecule has 8 heteroatoms. The number of allylic oxidation sites excluding steroid dienone is 3. The number of thiophene rings is 1. The summed E-state index contributed by atoms with van der Waals surface area (Å²) in [6.45, 7) is 7.15. The van der Waals surface area contributed by atoms with Crippen LogP contribution < -0.4 is 10.9 Å². The van der Waals surface area contributed by atoms with E-state index in [9.17, 15) is 19.5 Å². The van der Waals surface area contributed by atoms with Gasteiger partial charge in [-0.25, -0.2) is 9.59 Å². The molecule has 2 aromatic heterocycles. The van der Waals surface area contributed by atoms with Crippen LogP contribution in [0, 0.1) is 0 Å². The standard InChI is InChI=1S/C26H31NO6S/c1-4-5-6-7-11-19-12-13-20(34-19)15-18(3)24(29)23-21(28)16-22(33-25(23)30)17(2)10-8-9-14-27-26(31)32/h4,9,12-17,27-28H,1,5-8,10-11H2,2-3H3,(H,31,32). The van der Waals surface area contributed by atoms with Crippen LogP contribution in [0.15, 0.2) is 57.9 Å². The highest BCUT2D eigenvalue weighted by Gasteiger charge is 2.22. The van der Waals surface area contributed by atoms with Gasteiger partial charge < -0.3 is 14.6 Å². The Labute approximate surface area is 203 Å². The van der Waals surface area contributed by atoms with Crippen molar-refractivity contribution >= 4 is 29.3 Å². The lowest BCUT2D eigenvalue weighted by Gasteiger charge is -2.11. The van der Waals surface area contributed by atoms with E-state index in [1.807, 2.05) is 25.1 Å². The highest BCUT2D eigenvalue weighted by Crippen LogP contribution is 2.27. The second-order valence-electron chi connectivity index (χ2n) is 8.02. The van der Waals surface area contributed by atoms with E-state index in [4.69, 9.17) is 9.52 Å². The van der Waals surface area contributed by atoms with Crippen LogP contribution in [0.4, 0.5) is 4.79 Å². The van der Waals surface area contributed by atoms with E-state index in [0.29, 0.717) is 18.4 Å². The molecular formula is C26H31NO6S. The van der Waals surface area contributed by atoms with Crippen molar-refractivity contribution in [1.29, 1.82) is 0 Å². The molecule has 7 nitrogen and oxygen atoms in total. The summed E-state index contributed by atoms with van der Waals surface area (Å²) in [5.74, 6) is -0.938. The van der Waals surface area contributed by atoms with Crippen LogP contribution in [0.2, 0.25) is 0 Å². The number of ketones is 1. The Morgan fingerprint density at radius 1 is 1.26 bits per heavy atom. The number of carbonyl (C=O) groups excluding carboxylic acids is 1. The lowest BCUT2D eigenvalue weighted by Crippen LogP contribution is -2.16. The Bertz CT molecular complexity index is 1120. The molecule has 3 N–H and O–H groups in total. The number of rotatable bonds is 13. The molecule has 1 unspecified atom stereocenters. The van der Waals surface area contributed by atoms with Crippen LogP contribution in [-0.2, 0) is 6.42 Å².